The lowest BCUT2D eigenvalue weighted by atomic mass is 10.2. The molecule has 102 valence electrons. The number of nitrogens with one attached hydrogen (secondary N) is 1. The first kappa shape index (κ1) is 15.5. The minimum atomic E-state index is -2.86. The number of alkyl halides is 2. The fourth-order valence-corrected chi connectivity index (χ4v) is 2.40. The van der Waals surface area contributed by atoms with Crippen LogP contribution in [0.5, 0.6) is 5.75 Å². The zero-order chi connectivity index (χ0) is 13.5. The summed E-state index contributed by atoms with van der Waals surface area (Å²) >= 11 is 9.05. The van der Waals surface area contributed by atoms with Crippen LogP contribution in [0.3, 0.4) is 0 Å². The van der Waals surface area contributed by atoms with Gasteiger partial charge in [-0.1, -0.05) is 31.4 Å². The van der Waals surface area contributed by atoms with Crippen LogP contribution in [0.25, 0.3) is 0 Å². The molecule has 0 aromatic heterocycles. The minimum absolute atomic E-state index is 0.0888. The molecule has 0 saturated heterocycles. The number of ether oxygens (including phenoxy) is 1. The molecule has 1 rings (SSSR count). The van der Waals surface area contributed by atoms with Crippen molar-refractivity contribution in [2.45, 2.75) is 32.8 Å². The molecule has 0 aliphatic rings. The van der Waals surface area contributed by atoms with Crippen LogP contribution in [-0.2, 0) is 0 Å². The average molecular weight is 343 g/mol. The van der Waals surface area contributed by atoms with E-state index in [1.165, 1.54) is 6.07 Å². The molecule has 0 saturated carbocycles. The molecule has 0 radical (unpaired) electrons. The molecule has 0 heterocycles. The van der Waals surface area contributed by atoms with Gasteiger partial charge < -0.3 is 10.1 Å². The van der Waals surface area contributed by atoms with E-state index in [9.17, 15) is 8.78 Å². The van der Waals surface area contributed by atoms with Gasteiger partial charge in [0.2, 0.25) is 0 Å². The second kappa shape index (κ2) is 7.79. The Bertz CT molecular complexity index is 391. The lowest BCUT2D eigenvalue weighted by molar-refractivity contribution is -0.0498. The van der Waals surface area contributed by atoms with Crippen LogP contribution in [0.15, 0.2) is 16.6 Å². The Morgan fingerprint density at radius 1 is 1.39 bits per heavy atom. The number of halogens is 4. The standard InChI is InChI=1S/C12H15BrClF2NO/c1-2-3-4-5-17-10-7-8(14)6-9(13)11(10)18-12(15)16/h6-7,12,17H,2-5H2,1H3. The zero-order valence-corrected chi connectivity index (χ0v) is 12.3. The monoisotopic (exact) mass is 341 g/mol. The Balaban J connectivity index is 2.79. The summed E-state index contributed by atoms with van der Waals surface area (Å²) in [7, 11) is 0. The molecule has 6 heteroatoms. The minimum Gasteiger partial charge on any atom is -0.431 e. The van der Waals surface area contributed by atoms with Gasteiger partial charge in [0.05, 0.1) is 10.2 Å². The van der Waals surface area contributed by atoms with Crippen LogP contribution in [0, 0.1) is 0 Å². The Hall–Kier alpha value is -0.550. The maximum Gasteiger partial charge on any atom is 0.387 e. The summed E-state index contributed by atoms with van der Waals surface area (Å²) in [4.78, 5) is 0. The smallest absolute Gasteiger partial charge is 0.387 e. The van der Waals surface area contributed by atoms with Crippen LogP contribution in [0.1, 0.15) is 26.2 Å². The second-order valence-corrected chi connectivity index (χ2v) is 5.07. The van der Waals surface area contributed by atoms with Gasteiger partial charge in [-0.3, -0.25) is 0 Å². The summed E-state index contributed by atoms with van der Waals surface area (Å²) in [6.45, 7) is -0.0692. The summed E-state index contributed by atoms with van der Waals surface area (Å²) in [5, 5.41) is 3.52. The van der Waals surface area contributed by atoms with Crippen molar-refractivity contribution in [3.8, 4) is 5.75 Å². The van der Waals surface area contributed by atoms with E-state index in [2.05, 4.69) is 32.9 Å². The van der Waals surface area contributed by atoms with E-state index in [1.54, 1.807) is 6.07 Å². The fourth-order valence-electron chi connectivity index (χ4n) is 1.50. The highest BCUT2D eigenvalue weighted by Gasteiger charge is 2.14. The van der Waals surface area contributed by atoms with Gasteiger partial charge in [0, 0.05) is 11.6 Å². The summed E-state index contributed by atoms with van der Waals surface area (Å²) in [6, 6.07) is 3.10. The Morgan fingerprint density at radius 2 is 2.11 bits per heavy atom. The van der Waals surface area contributed by atoms with E-state index >= 15 is 0 Å². The molecular weight excluding hydrogens is 327 g/mol. The van der Waals surface area contributed by atoms with Gasteiger partial charge in [-0.2, -0.15) is 8.78 Å². The molecule has 0 aliphatic heterocycles. The molecule has 18 heavy (non-hydrogen) atoms. The molecule has 1 aromatic carbocycles. The molecule has 0 bridgehead atoms. The van der Waals surface area contributed by atoms with Gasteiger partial charge in [0.15, 0.2) is 5.75 Å². The van der Waals surface area contributed by atoms with Crippen LogP contribution >= 0.6 is 27.5 Å². The lowest BCUT2D eigenvalue weighted by Crippen LogP contribution is -2.08. The van der Waals surface area contributed by atoms with Crippen molar-refractivity contribution < 1.29 is 13.5 Å². The van der Waals surface area contributed by atoms with Crippen LogP contribution in [0.2, 0.25) is 5.02 Å². The van der Waals surface area contributed by atoms with Gasteiger partial charge in [-0.15, -0.1) is 0 Å². The Kier molecular flexibility index (Phi) is 6.71. The first-order valence-corrected chi connectivity index (χ1v) is 6.89. The van der Waals surface area contributed by atoms with Crippen LogP contribution in [0.4, 0.5) is 14.5 Å². The van der Waals surface area contributed by atoms with Crippen molar-refractivity contribution in [3.63, 3.8) is 0 Å². The predicted octanol–water partition coefficient (Wildman–Crippen LogP) is 5.31. The first-order chi connectivity index (χ1) is 8.54. The lowest BCUT2D eigenvalue weighted by Gasteiger charge is -2.14. The molecule has 0 amide bonds. The SMILES string of the molecule is CCCCCNc1cc(Cl)cc(Br)c1OC(F)F. The van der Waals surface area contributed by atoms with Gasteiger partial charge in [-0.05, 0) is 34.5 Å². The Morgan fingerprint density at radius 3 is 2.72 bits per heavy atom. The fraction of sp³-hybridized carbons (Fsp3) is 0.500. The molecule has 0 unspecified atom stereocenters. The molecular formula is C12H15BrClF2NO. The van der Waals surface area contributed by atoms with E-state index in [1.807, 2.05) is 0 Å². The number of benzene rings is 1. The molecule has 1 N–H and O–H groups in total. The van der Waals surface area contributed by atoms with Crippen LogP contribution in [-0.4, -0.2) is 13.2 Å². The Labute approximate surface area is 119 Å². The van der Waals surface area contributed by atoms with Crippen molar-refractivity contribution in [3.05, 3.63) is 21.6 Å². The summed E-state index contributed by atoms with van der Waals surface area (Å²) < 4.78 is 29.5. The van der Waals surface area contributed by atoms with Gasteiger partial charge in [0.1, 0.15) is 0 Å². The zero-order valence-electron chi connectivity index (χ0n) is 9.98. The highest BCUT2D eigenvalue weighted by molar-refractivity contribution is 9.10. The van der Waals surface area contributed by atoms with Gasteiger partial charge >= 0.3 is 6.61 Å². The third-order valence-electron chi connectivity index (χ3n) is 2.31. The maximum atomic E-state index is 12.3. The molecule has 1 aromatic rings. The van der Waals surface area contributed by atoms with E-state index in [4.69, 9.17) is 11.6 Å². The number of hydrogen-bond donors (Lipinski definition) is 1. The summed E-state index contributed by atoms with van der Waals surface area (Å²) in [6.07, 6.45) is 3.15. The summed E-state index contributed by atoms with van der Waals surface area (Å²) in [5.41, 5.74) is 0.478. The van der Waals surface area contributed by atoms with E-state index in [0.29, 0.717) is 21.7 Å². The molecule has 0 fully saturated rings. The van der Waals surface area contributed by atoms with Crippen molar-refractivity contribution in [2.75, 3.05) is 11.9 Å². The van der Waals surface area contributed by atoms with Crippen molar-refractivity contribution >= 4 is 33.2 Å². The van der Waals surface area contributed by atoms with Crippen molar-refractivity contribution in [1.82, 2.24) is 0 Å². The largest absolute Gasteiger partial charge is 0.431 e. The van der Waals surface area contributed by atoms with Crippen molar-refractivity contribution in [2.24, 2.45) is 0 Å². The highest BCUT2D eigenvalue weighted by atomic mass is 79.9. The first-order valence-electron chi connectivity index (χ1n) is 5.72. The number of anilines is 1. The molecule has 0 aliphatic carbocycles. The number of hydrogen-bond acceptors (Lipinski definition) is 2. The highest BCUT2D eigenvalue weighted by Crippen LogP contribution is 2.37. The predicted molar refractivity (Wildman–Crippen MR) is 73.8 cm³/mol. The van der Waals surface area contributed by atoms with Gasteiger partial charge in [-0.25, -0.2) is 0 Å². The second-order valence-electron chi connectivity index (χ2n) is 3.78. The number of rotatable bonds is 7. The quantitative estimate of drug-likeness (QED) is 0.678. The van der Waals surface area contributed by atoms with E-state index in [0.717, 1.165) is 19.3 Å². The van der Waals surface area contributed by atoms with Crippen molar-refractivity contribution in [1.29, 1.82) is 0 Å². The topological polar surface area (TPSA) is 21.3 Å². The van der Waals surface area contributed by atoms with Gasteiger partial charge in [0.25, 0.3) is 0 Å². The van der Waals surface area contributed by atoms with E-state index < -0.39 is 6.61 Å². The molecule has 0 atom stereocenters. The van der Waals surface area contributed by atoms with Crippen LogP contribution < -0.4 is 10.1 Å². The normalized spacial score (nSPS) is 10.8. The molecule has 0 spiro atoms. The average Bonchev–Trinajstić information content (AvgIpc) is 2.28. The number of unbranched alkanes of at least 4 members (excludes halogenated alkanes) is 2. The maximum absolute atomic E-state index is 12.3. The molecule has 2 nitrogen and oxygen atoms in total. The summed E-state index contributed by atoms with van der Waals surface area (Å²) in [5.74, 6) is 0.0888. The third-order valence-corrected chi connectivity index (χ3v) is 3.12. The van der Waals surface area contributed by atoms with E-state index in [-0.39, 0.29) is 5.75 Å². The third kappa shape index (κ3) is 4.98.